The van der Waals surface area contributed by atoms with Crippen LogP contribution in [0.5, 0.6) is 0 Å². The lowest BCUT2D eigenvalue weighted by atomic mass is 10.1. The third-order valence-corrected chi connectivity index (χ3v) is 2.92. The molecular weight excluding hydrogens is 242 g/mol. The van der Waals surface area contributed by atoms with Gasteiger partial charge in [-0.3, -0.25) is 4.79 Å². The summed E-state index contributed by atoms with van der Waals surface area (Å²) in [7, 11) is 0. The van der Waals surface area contributed by atoms with Gasteiger partial charge in [0.2, 0.25) is 0 Å². The Morgan fingerprint density at radius 3 is 2.88 bits per heavy atom. The van der Waals surface area contributed by atoms with Gasteiger partial charge in [0.1, 0.15) is 5.15 Å². The Labute approximate surface area is 104 Å². The van der Waals surface area contributed by atoms with Crippen molar-refractivity contribution in [3.63, 3.8) is 0 Å². The number of primary amides is 1. The second-order valence-corrected chi connectivity index (χ2v) is 4.34. The molecule has 2 rings (SSSR count). The molecule has 0 aromatic carbocycles. The van der Waals surface area contributed by atoms with Gasteiger partial charge in [-0.05, 0) is 18.9 Å². The number of carbonyl (C=O) groups excluding carboxylic acids is 1. The summed E-state index contributed by atoms with van der Waals surface area (Å²) < 4.78 is 5.27. The second-order valence-electron chi connectivity index (χ2n) is 3.95. The van der Waals surface area contributed by atoms with Crippen LogP contribution in [0.4, 0.5) is 5.69 Å². The number of pyridine rings is 1. The van der Waals surface area contributed by atoms with Crippen molar-refractivity contribution in [2.45, 2.75) is 18.9 Å². The minimum atomic E-state index is -0.510. The number of hydrogen-bond acceptors (Lipinski definition) is 4. The predicted octanol–water partition coefficient (Wildman–Crippen LogP) is 1.42. The van der Waals surface area contributed by atoms with Crippen molar-refractivity contribution < 1.29 is 9.53 Å². The van der Waals surface area contributed by atoms with Crippen LogP contribution in [-0.2, 0) is 4.74 Å². The van der Waals surface area contributed by atoms with Gasteiger partial charge in [-0.25, -0.2) is 4.98 Å². The molecule has 92 valence electrons. The molecule has 6 heteroatoms. The van der Waals surface area contributed by atoms with Gasteiger partial charge in [0.15, 0.2) is 0 Å². The molecule has 0 saturated carbocycles. The summed E-state index contributed by atoms with van der Waals surface area (Å²) in [6.45, 7) is 1.45. The van der Waals surface area contributed by atoms with Gasteiger partial charge in [0.05, 0.1) is 11.3 Å². The number of nitrogens with two attached hydrogens (primary N) is 1. The molecule has 0 radical (unpaired) electrons. The summed E-state index contributed by atoms with van der Waals surface area (Å²) in [6.07, 6.45) is 3.20. The van der Waals surface area contributed by atoms with Crippen molar-refractivity contribution in [1.29, 1.82) is 0 Å². The zero-order valence-electron chi connectivity index (χ0n) is 9.28. The number of amides is 1. The van der Waals surface area contributed by atoms with Crippen LogP contribution in [0.25, 0.3) is 0 Å². The molecular formula is C11H14ClN3O2. The van der Waals surface area contributed by atoms with E-state index in [2.05, 4.69) is 10.3 Å². The number of nitrogens with zero attached hydrogens (tertiary/aromatic N) is 1. The Balaban J connectivity index is 2.17. The van der Waals surface area contributed by atoms with Gasteiger partial charge in [0, 0.05) is 25.5 Å². The monoisotopic (exact) mass is 255 g/mol. The lowest BCUT2D eigenvalue weighted by Crippen LogP contribution is -2.29. The fraction of sp³-hybridized carbons (Fsp3) is 0.455. The normalized spacial score (nSPS) is 16.8. The van der Waals surface area contributed by atoms with Crippen molar-refractivity contribution in [2.75, 3.05) is 18.5 Å². The first-order chi connectivity index (χ1) is 8.16. The Morgan fingerprint density at radius 2 is 2.24 bits per heavy atom. The first kappa shape index (κ1) is 12.1. The maximum Gasteiger partial charge on any atom is 0.252 e. The molecule has 5 nitrogen and oxygen atoms in total. The lowest BCUT2D eigenvalue weighted by molar-refractivity contribution is 0.0904. The minimum absolute atomic E-state index is 0.278. The molecule has 0 atom stereocenters. The number of nitrogens with one attached hydrogen (secondary N) is 1. The Hall–Kier alpha value is -1.33. The first-order valence-electron chi connectivity index (χ1n) is 5.46. The highest BCUT2D eigenvalue weighted by Crippen LogP contribution is 2.21. The SMILES string of the molecule is NC(=O)c1cnc(Cl)cc1NC1CCOCC1. The van der Waals surface area contributed by atoms with E-state index in [0.29, 0.717) is 16.4 Å². The van der Waals surface area contributed by atoms with Gasteiger partial charge in [0.25, 0.3) is 5.91 Å². The number of anilines is 1. The number of carbonyl (C=O) groups is 1. The Kier molecular flexibility index (Phi) is 3.81. The van der Waals surface area contributed by atoms with Crippen molar-refractivity contribution in [3.05, 3.63) is 23.0 Å². The molecule has 0 bridgehead atoms. The molecule has 0 unspecified atom stereocenters. The topological polar surface area (TPSA) is 77.2 Å². The molecule has 3 N–H and O–H groups in total. The van der Waals surface area contributed by atoms with E-state index >= 15 is 0 Å². The van der Waals surface area contributed by atoms with Gasteiger partial charge >= 0.3 is 0 Å². The average molecular weight is 256 g/mol. The standard InChI is InChI=1S/C11H14ClN3O2/c12-10-5-9(8(6-14-10)11(13)16)15-7-1-3-17-4-2-7/h5-7H,1-4H2,(H2,13,16)(H,14,15). The molecule has 0 spiro atoms. The highest BCUT2D eigenvalue weighted by atomic mass is 35.5. The smallest absolute Gasteiger partial charge is 0.252 e. The third kappa shape index (κ3) is 3.08. The first-order valence-corrected chi connectivity index (χ1v) is 5.84. The summed E-state index contributed by atoms with van der Waals surface area (Å²) in [5.41, 5.74) is 6.29. The van der Waals surface area contributed by atoms with Crippen molar-refractivity contribution >= 4 is 23.2 Å². The lowest BCUT2D eigenvalue weighted by Gasteiger charge is -2.24. The van der Waals surface area contributed by atoms with E-state index in [1.165, 1.54) is 6.20 Å². The molecule has 1 fully saturated rings. The van der Waals surface area contributed by atoms with E-state index < -0.39 is 5.91 Å². The van der Waals surface area contributed by atoms with Crippen molar-refractivity contribution in [1.82, 2.24) is 4.98 Å². The predicted molar refractivity (Wildman–Crippen MR) is 65.2 cm³/mol. The quantitative estimate of drug-likeness (QED) is 0.801. The molecule has 1 saturated heterocycles. The van der Waals surface area contributed by atoms with E-state index in [0.717, 1.165) is 26.1 Å². The fourth-order valence-electron chi connectivity index (χ4n) is 1.81. The number of aromatic nitrogens is 1. The van der Waals surface area contributed by atoms with Crippen LogP contribution in [0.1, 0.15) is 23.2 Å². The Bertz CT molecular complexity index is 419. The van der Waals surface area contributed by atoms with E-state index in [1.54, 1.807) is 6.07 Å². The zero-order chi connectivity index (χ0) is 12.3. The van der Waals surface area contributed by atoms with Gasteiger partial charge in [-0.1, -0.05) is 11.6 Å². The highest BCUT2D eigenvalue weighted by Gasteiger charge is 2.17. The summed E-state index contributed by atoms with van der Waals surface area (Å²) in [5.74, 6) is -0.510. The van der Waals surface area contributed by atoms with Crippen LogP contribution in [0.3, 0.4) is 0 Å². The molecule has 1 aromatic heterocycles. The molecule has 2 heterocycles. The average Bonchev–Trinajstić information content (AvgIpc) is 2.30. The summed E-state index contributed by atoms with van der Waals surface area (Å²) in [5, 5.41) is 3.60. The van der Waals surface area contributed by atoms with E-state index in [1.807, 2.05) is 0 Å². The molecule has 1 aliphatic heterocycles. The van der Waals surface area contributed by atoms with Crippen LogP contribution in [0.2, 0.25) is 5.15 Å². The number of ether oxygens (including phenoxy) is 1. The van der Waals surface area contributed by atoms with Crippen LogP contribution < -0.4 is 11.1 Å². The maximum absolute atomic E-state index is 11.2. The fourth-order valence-corrected chi connectivity index (χ4v) is 1.97. The van der Waals surface area contributed by atoms with Crippen LogP contribution in [0, 0.1) is 0 Å². The third-order valence-electron chi connectivity index (χ3n) is 2.72. The molecule has 1 amide bonds. The number of rotatable bonds is 3. The van der Waals surface area contributed by atoms with Gasteiger partial charge in [-0.2, -0.15) is 0 Å². The van der Waals surface area contributed by atoms with E-state index in [-0.39, 0.29) is 6.04 Å². The molecule has 1 aliphatic rings. The van der Waals surface area contributed by atoms with Gasteiger partial charge < -0.3 is 15.8 Å². The molecule has 1 aromatic rings. The second kappa shape index (κ2) is 5.33. The summed E-state index contributed by atoms with van der Waals surface area (Å²) >= 11 is 5.81. The maximum atomic E-state index is 11.2. The van der Waals surface area contributed by atoms with Crippen molar-refractivity contribution in [2.24, 2.45) is 5.73 Å². The summed E-state index contributed by atoms with van der Waals surface area (Å²) in [6, 6.07) is 1.90. The molecule has 17 heavy (non-hydrogen) atoms. The van der Waals surface area contributed by atoms with Crippen molar-refractivity contribution in [3.8, 4) is 0 Å². The number of halogens is 1. The largest absolute Gasteiger partial charge is 0.381 e. The van der Waals surface area contributed by atoms with E-state index in [9.17, 15) is 4.79 Å². The van der Waals surface area contributed by atoms with Crippen LogP contribution in [-0.4, -0.2) is 30.1 Å². The Morgan fingerprint density at radius 1 is 1.53 bits per heavy atom. The van der Waals surface area contributed by atoms with Gasteiger partial charge in [-0.15, -0.1) is 0 Å². The zero-order valence-corrected chi connectivity index (χ0v) is 10.0. The minimum Gasteiger partial charge on any atom is -0.381 e. The van der Waals surface area contributed by atoms with Crippen LogP contribution >= 0.6 is 11.6 Å². The highest BCUT2D eigenvalue weighted by molar-refractivity contribution is 6.29. The van der Waals surface area contributed by atoms with Crippen LogP contribution in [0.15, 0.2) is 12.3 Å². The number of hydrogen-bond donors (Lipinski definition) is 2. The van der Waals surface area contributed by atoms with E-state index in [4.69, 9.17) is 22.1 Å². The molecule has 0 aliphatic carbocycles. The summed E-state index contributed by atoms with van der Waals surface area (Å²) in [4.78, 5) is 15.1.